The van der Waals surface area contributed by atoms with Crippen molar-refractivity contribution in [3.63, 3.8) is 0 Å². The maximum absolute atomic E-state index is 5.21. The molecular weight excluding hydrogens is 210 g/mol. The molecule has 1 heterocycles. The van der Waals surface area contributed by atoms with Crippen LogP contribution in [-0.4, -0.2) is 31.1 Å². The number of methoxy groups -OCH3 is 1. The summed E-state index contributed by atoms with van der Waals surface area (Å²) in [7, 11) is 1.72. The Bertz CT molecular complexity index is 344. The van der Waals surface area contributed by atoms with Gasteiger partial charge >= 0.3 is 0 Å². The van der Waals surface area contributed by atoms with E-state index < -0.39 is 0 Å². The van der Waals surface area contributed by atoms with Gasteiger partial charge in [0.05, 0.1) is 7.11 Å². The average molecular weight is 233 g/mol. The highest BCUT2D eigenvalue weighted by molar-refractivity contribution is 5.29. The minimum atomic E-state index is 0.663. The minimum absolute atomic E-state index is 0.663. The Balaban J connectivity index is 2.05. The van der Waals surface area contributed by atoms with Crippen LogP contribution in [0.2, 0.25) is 0 Å². The first-order valence-corrected chi connectivity index (χ1v) is 6.58. The highest BCUT2D eigenvalue weighted by atomic mass is 16.5. The first kappa shape index (κ1) is 12.4. The van der Waals surface area contributed by atoms with E-state index in [-0.39, 0.29) is 0 Å². The predicted octanol–water partition coefficient (Wildman–Crippen LogP) is 3.28. The smallest absolute Gasteiger partial charge is 0.118 e. The second-order valence-corrected chi connectivity index (χ2v) is 5.20. The molecule has 0 saturated carbocycles. The summed E-state index contributed by atoms with van der Waals surface area (Å²) >= 11 is 0. The summed E-state index contributed by atoms with van der Waals surface area (Å²) < 4.78 is 5.21. The Morgan fingerprint density at radius 1 is 1.24 bits per heavy atom. The molecule has 2 nitrogen and oxygen atoms in total. The van der Waals surface area contributed by atoms with Gasteiger partial charge in [-0.1, -0.05) is 12.1 Å². The number of nitrogens with zero attached hydrogens (tertiary/aromatic N) is 1. The van der Waals surface area contributed by atoms with Gasteiger partial charge in [-0.3, -0.25) is 0 Å². The van der Waals surface area contributed by atoms with Crippen LogP contribution in [-0.2, 0) is 0 Å². The topological polar surface area (TPSA) is 12.5 Å². The molecule has 0 amide bonds. The number of benzene rings is 1. The second-order valence-electron chi connectivity index (χ2n) is 5.20. The quantitative estimate of drug-likeness (QED) is 0.794. The summed E-state index contributed by atoms with van der Waals surface area (Å²) in [5, 5.41) is 0. The van der Waals surface area contributed by atoms with E-state index in [0.717, 1.165) is 5.75 Å². The number of likely N-dealkylation sites (tertiary alicyclic amines) is 1. The van der Waals surface area contributed by atoms with Crippen LogP contribution in [0.4, 0.5) is 0 Å². The van der Waals surface area contributed by atoms with Crippen molar-refractivity contribution in [1.82, 2.24) is 4.90 Å². The van der Waals surface area contributed by atoms with Crippen LogP contribution < -0.4 is 4.74 Å². The molecule has 1 aliphatic rings. The minimum Gasteiger partial charge on any atom is -0.497 e. The summed E-state index contributed by atoms with van der Waals surface area (Å²) in [4.78, 5) is 2.58. The molecule has 1 fully saturated rings. The molecule has 1 unspecified atom stereocenters. The van der Waals surface area contributed by atoms with Crippen molar-refractivity contribution >= 4 is 0 Å². The van der Waals surface area contributed by atoms with Crippen molar-refractivity contribution in [2.45, 2.75) is 38.6 Å². The lowest BCUT2D eigenvalue weighted by Crippen LogP contribution is -2.39. The summed E-state index contributed by atoms with van der Waals surface area (Å²) in [6.45, 7) is 7.03. The lowest BCUT2D eigenvalue weighted by molar-refractivity contribution is 0.167. The van der Waals surface area contributed by atoms with Gasteiger partial charge in [-0.05, 0) is 56.8 Å². The molecule has 1 atom stereocenters. The standard InChI is InChI=1S/C15H23NO/c1-12(2)16-10-4-5-14(11-16)13-6-8-15(17-3)9-7-13/h6-9,12,14H,4-5,10-11H2,1-3H3. The Kier molecular flexibility index (Phi) is 4.06. The van der Waals surface area contributed by atoms with E-state index in [0.29, 0.717) is 12.0 Å². The monoisotopic (exact) mass is 233 g/mol. The molecule has 0 aliphatic carbocycles. The predicted molar refractivity (Wildman–Crippen MR) is 71.7 cm³/mol. The van der Waals surface area contributed by atoms with Crippen LogP contribution in [0.25, 0.3) is 0 Å². The maximum Gasteiger partial charge on any atom is 0.118 e. The maximum atomic E-state index is 5.21. The van der Waals surface area contributed by atoms with Gasteiger partial charge in [0.25, 0.3) is 0 Å². The molecule has 1 aromatic rings. The fraction of sp³-hybridized carbons (Fsp3) is 0.600. The molecule has 17 heavy (non-hydrogen) atoms. The van der Waals surface area contributed by atoms with E-state index in [4.69, 9.17) is 4.74 Å². The Morgan fingerprint density at radius 2 is 1.94 bits per heavy atom. The molecule has 1 aromatic carbocycles. The van der Waals surface area contributed by atoms with Crippen molar-refractivity contribution in [2.24, 2.45) is 0 Å². The van der Waals surface area contributed by atoms with Gasteiger partial charge < -0.3 is 9.64 Å². The van der Waals surface area contributed by atoms with Crippen molar-refractivity contribution in [1.29, 1.82) is 0 Å². The summed E-state index contributed by atoms with van der Waals surface area (Å²) in [6.07, 6.45) is 2.63. The van der Waals surface area contributed by atoms with Gasteiger partial charge in [0.1, 0.15) is 5.75 Å². The Labute approximate surface area is 105 Å². The molecule has 94 valence electrons. The van der Waals surface area contributed by atoms with E-state index in [1.165, 1.54) is 31.5 Å². The van der Waals surface area contributed by atoms with Gasteiger partial charge in [0.15, 0.2) is 0 Å². The highest BCUT2D eigenvalue weighted by Crippen LogP contribution is 2.28. The lowest BCUT2D eigenvalue weighted by atomic mass is 9.90. The van der Waals surface area contributed by atoms with Gasteiger partial charge in [0, 0.05) is 12.6 Å². The molecule has 0 bridgehead atoms. The number of hydrogen-bond acceptors (Lipinski definition) is 2. The van der Waals surface area contributed by atoms with Crippen LogP contribution in [0.3, 0.4) is 0 Å². The SMILES string of the molecule is COc1ccc(C2CCCN(C(C)C)C2)cc1. The second kappa shape index (κ2) is 5.54. The molecule has 0 N–H and O–H groups in total. The van der Waals surface area contributed by atoms with Crippen molar-refractivity contribution in [3.8, 4) is 5.75 Å². The first-order chi connectivity index (χ1) is 8.20. The zero-order valence-electron chi connectivity index (χ0n) is 11.1. The third kappa shape index (κ3) is 3.01. The Morgan fingerprint density at radius 3 is 2.53 bits per heavy atom. The highest BCUT2D eigenvalue weighted by Gasteiger charge is 2.22. The lowest BCUT2D eigenvalue weighted by Gasteiger charge is -2.35. The summed E-state index contributed by atoms with van der Waals surface area (Å²) in [5.41, 5.74) is 1.45. The molecule has 1 aliphatic heterocycles. The molecular formula is C15H23NO. The Hall–Kier alpha value is -1.02. The fourth-order valence-corrected chi connectivity index (χ4v) is 2.62. The zero-order chi connectivity index (χ0) is 12.3. The fourth-order valence-electron chi connectivity index (χ4n) is 2.62. The molecule has 2 heteroatoms. The first-order valence-electron chi connectivity index (χ1n) is 6.58. The average Bonchev–Trinajstić information content (AvgIpc) is 2.39. The van der Waals surface area contributed by atoms with Crippen LogP contribution in [0.15, 0.2) is 24.3 Å². The van der Waals surface area contributed by atoms with Crippen LogP contribution in [0.1, 0.15) is 38.2 Å². The van der Waals surface area contributed by atoms with Crippen molar-refractivity contribution < 1.29 is 4.74 Å². The molecule has 2 rings (SSSR count). The van der Waals surface area contributed by atoms with Crippen molar-refractivity contribution in [3.05, 3.63) is 29.8 Å². The molecule has 0 aromatic heterocycles. The molecule has 1 saturated heterocycles. The molecule has 0 spiro atoms. The largest absolute Gasteiger partial charge is 0.497 e. The number of hydrogen-bond donors (Lipinski definition) is 0. The van der Waals surface area contributed by atoms with E-state index in [1.54, 1.807) is 7.11 Å². The van der Waals surface area contributed by atoms with E-state index in [2.05, 4.69) is 43.0 Å². The zero-order valence-corrected chi connectivity index (χ0v) is 11.1. The molecule has 0 radical (unpaired) electrons. The third-order valence-corrected chi connectivity index (χ3v) is 3.77. The van der Waals surface area contributed by atoms with Crippen LogP contribution in [0, 0.1) is 0 Å². The number of rotatable bonds is 3. The van der Waals surface area contributed by atoms with Gasteiger partial charge in [0.2, 0.25) is 0 Å². The summed E-state index contributed by atoms with van der Waals surface area (Å²) in [6, 6.07) is 9.24. The van der Waals surface area contributed by atoms with Crippen molar-refractivity contribution in [2.75, 3.05) is 20.2 Å². The normalized spacial score (nSPS) is 21.8. The third-order valence-electron chi connectivity index (χ3n) is 3.77. The van der Waals surface area contributed by atoms with E-state index in [9.17, 15) is 0 Å². The van der Waals surface area contributed by atoms with Gasteiger partial charge in [-0.25, -0.2) is 0 Å². The van der Waals surface area contributed by atoms with E-state index in [1.807, 2.05) is 0 Å². The van der Waals surface area contributed by atoms with E-state index >= 15 is 0 Å². The van der Waals surface area contributed by atoms with Crippen LogP contribution in [0.5, 0.6) is 5.75 Å². The number of ether oxygens (including phenoxy) is 1. The van der Waals surface area contributed by atoms with Gasteiger partial charge in [-0.15, -0.1) is 0 Å². The summed E-state index contributed by atoms with van der Waals surface area (Å²) in [5.74, 6) is 1.64. The van der Waals surface area contributed by atoms with Crippen LogP contribution >= 0.6 is 0 Å². The number of piperidine rings is 1. The van der Waals surface area contributed by atoms with Gasteiger partial charge in [-0.2, -0.15) is 0 Å².